The predicted molar refractivity (Wildman–Crippen MR) is 114 cm³/mol. The van der Waals surface area contributed by atoms with Crippen LogP contribution in [0.3, 0.4) is 0 Å². The third-order valence-corrected chi connectivity index (χ3v) is 4.79. The van der Waals surface area contributed by atoms with Crippen molar-refractivity contribution in [3.05, 3.63) is 29.8 Å². The first kappa shape index (κ1) is 22.0. The zero-order chi connectivity index (χ0) is 17.3. The molecule has 1 fully saturated rings. The van der Waals surface area contributed by atoms with Crippen LogP contribution in [0.15, 0.2) is 29.3 Å². The summed E-state index contributed by atoms with van der Waals surface area (Å²) in [6.45, 7) is 5.60. The molecule has 1 aliphatic rings. The van der Waals surface area contributed by atoms with Gasteiger partial charge in [0.25, 0.3) is 0 Å². The molecule has 0 spiro atoms. The molecular formula is C19H32IN3O2. The number of benzene rings is 1. The maximum Gasteiger partial charge on any atom is 0.191 e. The second kappa shape index (κ2) is 11.6. The minimum atomic E-state index is 0. The van der Waals surface area contributed by atoms with Crippen LogP contribution in [0, 0.1) is 0 Å². The molecule has 142 valence electrons. The summed E-state index contributed by atoms with van der Waals surface area (Å²) < 4.78 is 10.9. The molecule has 2 N–H and O–H groups in total. The van der Waals surface area contributed by atoms with Crippen LogP contribution < -0.4 is 15.4 Å². The molecular weight excluding hydrogens is 429 g/mol. The summed E-state index contributed by atoms with van der Waals surface area (Å²) in [6.07, 6.45) is 4.35. The van der Waals surface area contributed by atoms with Crippen LogP contribution >= 0.6 is 24.0 Å². The van der Waals surface area contributed by atoms with E-state index in [9.17, 15) is 0 Å². The predicted octanol–water partition coefficient (Wildman–Crippen LogP) is 3.33. The molecule has 1 saturated heterocycles. The highest BCUT2D eigenvalue weighted by Gasteiger charge is 2.34. The van der Waals surface area contributed by atoms with Crippen LogP contribution in [0.25, 0.3) is 0 Å². The van der Waals surface area contributed by atoms with E-state index in [2.05, 4.69) is 34.7 Å². The first-order valence-electron chi connectivity index (χ1n) is 8.91. The highest BCUT2D eigenvalue weighted by Crippen LogP contribution is 2.35. The number of aliphatic imine (C=N–C) groups is 1. The van der Waals surface area contributed by atoms with Gasteiger partial charge in [-0.3, -0.25) is 4.99 Å². The maximum atomic E-state index is 5.61. The number of ether oxygens (including phenoxy) is 2. The molecule has 0 saturated carbocycles. The van der Waals surface area contributed by atoms with Crippen LogP contribution in [-0.4, -0.2) is 46.4 Å². The number of nitrogens with zero attached hydrogens (tertiary/aromatic N) is 1. The van der Waals surface area contributed by atoms with Gasteiger partial charge in [0.15, 0.2) is 5.96 Å². The smallest absolute Gasteiger partial charge is 0.191 e. The summed E-state index contributed by atoms with van der Waals surface area (Å²) in [7, 11) is 3.53. The van der Waals surface area contributed by atoms with Gasteiger partial charge in [0.05, 0.1) is 7.11 Å². The molecule has 0 aliphatic carbocycles. The SMILES string of the molecule is CCCCNC(=NC)NCC1(c2ccc(OC)cc2)CCOCC1.I. The fraction of sp³-hybridized carbons (Fsp3) is 0.632. The van der Waals surface area contributed by atoms with Gasteiger partial charge in [-0.2, -0.15) is 0 Å². The van der Waals surface area contributed by atoms with Crippen molar-refractivity contribution in [2.24, 2.45) is 4.99 Å². The average Bonchev–Trinajstić information content (AvgIpc) is 2.65. The molecule has 6 heteroatoms. The topological polar surface area (TPSA) is 54.9 Å². The van der Waals surface area contributed by atoms with E-state index in [0.717, 1.165) is 57.3 Å². The Hall–Kier alpha value is -1.02. The lowest BCUT2D eigenvalue weighted by Crippen LogP contribution is -2.48. The number of nitrogens with one attached hydrogen (secondary N) is 2. The molecule has 25 heavy (non-hydrogen) atoms. The summed E-state index contributed by atoms with van der Waals surface area (Å²) in [6, 6.07) is 8.44. The lowest BCUT2D eigenvalue weighted by molar-refractivity contribution is 0.0513. The first-order valence-corrected chi connectivity index (χ1v) is 8.91. The number of rotatable bonds is 7. The summed E-state index contributed by atoms with van der Waals surface area (Å²) in [5.74, 6) is 1.77. The van der Waals surface area contributed by atoms with Gasteiger partial charge in [0.1, 0.15) is 5.75 Å². The standard InChI is InChI=1S/C19H31N3O2.HI/c1-4-5-12-21-18(20-2)22-15-19(10-13-24-14-11-19)16-6-8-17(23-3)9-7-16;/h6-9H,4-5,10-15H2,1-3H3,(H2,20,21,22);1H. The Morgan fingerprint density at radius 1 is 1.20 bits per heavy atom. The van der Waals surface area contributed by atoms with Gasteiger partial charge in [0.2, 0.25) is 0 Å². The largest absolute Gasteiger partial charge is 0.497 e. The van der Waals surface area contributed by atoms with Crippen LogP contribution in [-0.2, 0) is 10.2 Å². The van der Waals surface area contributed by atoms with Crippen LogP contribution in [0.5, 0.6) is 5.75 Å². The van der Waals surface area contributed by atoms with Gasteiger partial charge in [-0.05, 0) is 37.0 Å². The summed E-state index contributed by atoms with van der Waals surface area (Å²) >= 11 is 0. The van der Waals surface area contributed by atoms with E-state index in [1.54, 1.807) is 7.11 Å². The van der Waals surface area contributed by atoms with E-state index in [-0.39, 0.29) is 29.4 Å². The monoisotopic (exact) mass is 461 g/mol. The normalized spacial score (nSPS) is 16.7. The number of guanidine groups is 1. The van der Waals surface area contributed by atoms with E-state index in [1.165, 1.54) is 12.0 Å². The molecule has 1 aliphatic heterocycles. The Morgan fingerprint density at radius 3 is 2.44 bits per heavy atom. The highest BCUT2D eigenvalue weighted by atomic mass is 127. The number of methoxy groups -OCH3 is 1. The third-order valence-electron chi connectivity index (χ3n) is 4.79. The van der Waals surface area contributed by atoms with Gasteiger partial charge in [-0.25, -0.2) is 0 Å². The van der Waals surface area contributed by atoms with Crippen LogP contribution in [0.1, 0.15) is 38.2 Å². The fourth-order valence-electron chi connectivity index (χ4n) is 3.13. The lowest BCUT2D eigenvalue weighted by atomic mass is 9.74. The molecule has 2 rings (SSSR count). The lowest BCUT2D eigenvalue weighted by Gasteiger charge is -2.38. The van der Waals surface area contributed by atoms with E-state index >= 15 is 0 Å². The van der Waals surface area contributed by atoms with Crippen LogP contribution in [0.4, 0.5) is 0 Å². The van der Waals surface area contributed by atoms with E-state index in [0.29, 0.717) is 0 Å². The Balaban J connectivity index is 0.00000312. The molecule has 1 heterocycles. The minimum Gasteiger partial charge on any atom is -0.497 e. The van der Waals surface area contributed by atoms with Gasteiger partial charge in [0, 0.05) is 38.8 Å². The van der Waals surface area contributed by atoms with Crippen molar-refractivity contribution < 1.29 is 9.47 Å². The second-order valence-electron chi connectivity index (χ2n) is 6.33. The zero-order valence-corrected chi connectivity index (χ0v) is 18.0. The van der Waals surface area contributed by atoms with Gasteiger partial charge in [-0.15, -0.1) is 24.0 Å². The van der Waals surface area contributed by atoms with Crippen molar-refractivity contribution in [1.82, 2.24) is 10.6 Å². The van der Waals surface area contributed by atoms with Crippen molar-refractivity contribution in [2.75, 3.05) is 40.5 Å². The molecule has 0 unspecified atom stereocenters. The second-order valence-corrected chi connectivity index (χ2v) is 6.33. The van der Waals surface area contributed by atoms with Gasteiger partial charge < -0.3 is 20.1 Å². The number of hydrogen-bond donors (Lipinski definition) is 2. The molecule has 0 atom stereocenters. The Labute approximate surface area is 169 Å². The number of halogens is 1. The molecule has 0 bridgehead atoms. The minimum absolute atomic E-state index is 0. The molecule has 1 aromatic rings. The Kier molecular flexibility index (Phi) is 10.2. The molecule has 5 nitrogen and oxygen atoms in total. The van der Waals surface area contributed by atoms with Crippen molar-refractivity contribution >= 4 is 29.9 Å². The maximum absolute atomic E-state index is 5.61. The highest BCUT2D eigenvalue weighted by molar-refractivity contribution is 14.0. The molecule has 0 amide bonds. The van der Waals surface area contributed by atoms with E-state index < -0.39 is 0 Å². The average molecular weight is 461 g/mol. The zero-order valence-electron chi connectivity index (χ0n) is 15.6. The van der Waals surface area contributed by atoms with Crippen molar-refractivity contribution in [1.29, 1.82) is 0 Å². The number of hydrogen-bond acceptors (Lipinski definition) is 3. The van der Waals surface area contributed by atoms with Crippen molar-refractivity contribution in [2.45, 2.75) is 38.0 Å². The van der Waals surface area contributed by atoms with E-state index in [1.807, 2.05) is 19.2 Å². The first-order chi connectivity index (χ1) is 11.7. The van der Waals surface area contributed by atoms with Crippen molar-refractivity contribution in [3.8, 4) is 5.75 Å². The van der Waals surface area contributed by atoms with E-state index in [4.69, 9.17) is 9.47 Å². The molecule has 0 radical (unpaired) electrons. The number of unbranched alkanes of at least 4 members (excludes halogenated alkanes) is 1. The fourth-order valence-corrected chi connectivity index (χ4v) is 3.13. The Morgan fingerprint density at radius 2 is 1.88 bits per heavy atom. The Bertz CT molecular complexity index is 514. The third kappa shape index (κ3) is 6.33. The summed E-state index contributed by atoms with van der Waals surface area (Å²) in [5, 5.41) is 6.90. The van der Waals surface area contributed by atoms with Crippen LogP contribution in [0.2, 0.25) is 0 Å². The molecule has 0 aromatic heterocycles. The van der Waals surface area contributed by atoms with Gasteiger partial charge >= 0.3 is 0 Å². The van der Waals surface area contributed by atoms with Gasteiger partial charge in [-0.1, -0.05) is 25.5 Å². The summed E-state index contributed by atoms with van der Waals surface area (Å²) in [4.78, 5) is 4.34. The quantitative estimate of drug-likeness (QED) is 0.283. The molecule has 1 aromatic carbocycles. The van der Waals surface area contributed by atoms with Crippen molar-refractivity contribution in [3.63, 3.8) is 0 Å². The summed E-state index contributed by atoms with van der Waals surface area (Å²) in [5.41, 5.74) is 1.41.